The van der Waals surface area contributed by atoms with Crippen LogP contribution in [0.1, 0.15) is 22.7 Å². The monoisotopic (exact) mass is 255 g/mol. The molecule has 0 saturated carbocycles. The number of aliphatic imine (C=N–C) groups is 1. The van der Waals surface area contributed by atoms with Crippen LogP contribution >= 0.6 is 0 Å². The molecule has 0 heterocycles. The van der Waals surface area contributed by atoms with E-state index in [-0.39, 0.29) is 5.82 Å². The number of isocyanates is 1. The van der Waals surface area contributed by atoms with Crippen molar-refractivity contribution < 1.29 is 9.18 Å². The summed E-state index contributed by atoms with van der Waals surface area (Å²) in [6.45, 7) is 1.98. The van der Waals surface area contributed by atoms with Crippen molar-refractivity contribution in [3.63, 3.8) is 0 Å². The molecule has 0 aliphatic heterocycles. The third kappa shape index (κ3) is 3.36. The Labute approximate surface area is 111 Å². The van der Waals surface area contributed by atoms with Crippen molar-refractivity contribution in [3.05, 3.63) is 71.0 Å². The quantitative estimate of drug-likeness (QED) is 0.604. The summed E-state index contributed by atoms with van der Waals surface area (Å²) in [6.07, 6.45) is 1.93. The summed E-state index contributed by atoms with van der Waals surface area (Å²) in [4.78, 5) is 14.3. The average Bonchev–Trinajstić information content (AvgIpc) is 2.42. The predicted octanol–water partition coefficient (Wildman–Crippen LogP) is 3.75. The lowest BCUT2D eigenvalue weighted by atomic mass is 9.98. The number of hydrogen-bond acceptors (Lipinski definition) is 2. The molecule has 96 valence electrons. The lowest BCUT2D eigenvalue weighted by Gasteiger charge is -2.12. The number of carbonyl (C=O) groups excluding carboxylic acids is 1. The van der Waals surface area contributed by atoms with Crippen LogP contribution in [0.3, 0.4) is 0 Å². The first-order valence-electron chi connectivity index (χ1n) is 6.07. The van der Waals surface area contributed by atoms with E-state index in [9.17, 15) is 9.18 Å². The van der Waals surface area contributed by atoms with Crippen molar-refractivity contribution >= 4 is 6.08 Å². The normalized spacial score (nSPS) is 11.7. The van der Waals surface area contributed by atoms with Gasteiger partial charge in [0.15, 0.2) is 0 Å². The molecule has 0 aliphatic carbocycles. The van der Waals surface area contributed by atoms with Gasteiger partial charge in [-0.25, -0.2) is 9.18 Å². The van der Waals surface area contributed by atoms with Crippen LogP contribution in [0, 0.1) is 12.7 Å². The predicted molar refractivity (Wildman–Crippen MR) is 72.1 cm³/mol. The summed E-state index contributed by atoms with van der Waals surface area (Å²) in [5, 5.41) is 0. The van der Waals surface area contributed by atoms with Crippen molar-refractivity contribution in [3.8, 4) is 0 Å². The van der Waals surface area contributed by atoms with Crippen LogP contribution in [-0.4, -0.2) is 6.08 Å². The number of benzene rings is 2. The molecule has 0 radical (unpaired) electrons. The average molecular weight is 255 g/mol. The molecular weight excluding hydrogens is 241 g/mol. The van der Waals surface area contributed by atoms with Crippen molar-refractivity contribution in [2.24, 2.45) is 4.99 Å². The molecule has 0 amide bonds. The first-order valence-corrected chi connectivity index (χ1v) is 6.07. The smallest absolute Gasteiger partial charge is 0.211 e. The highest BCUT2D eigenvalue weighted by Crippen LogP contribution is 2.23. The molecule has 2 aromatic rings. The second kappa shape index (κ2) is 6.07. The Bertz CT molecular complexity index is 600. The van der Waals surface area contributed by atoms with Gasteiger partial charge < -0.3 is 0 Å². The largest absolute Gasteiger partial charge is 0.235 e. The van der Waals surface area contributed by atoms with Gasteiger partial charge in [0.05, 0.1) is 6.04 Å². The van der Waals surface area contributed by atoms with E-state index in [1.165, 1.54) is 6.07 Å². The van der Waals surface area contributed by atoms with Crippen LogP contribution in [0.25, 0.3) is 0 Å². The number of halogens is 1. The summed E-state index contributed by atoms with van der Waals surface area (Å²) in [6, 6.07) is 13.8. The molecule has 0 bridgehead atoms. The van der Waals surface area contributed by atoms with Crippen LogP contribution in [0.2, 0.25) is 0 Å². The van der Waals surface area contributed by atoms with E-state index in [0.717, 1.165) is 11.1 Å². The molecule has 1 atom stereocenters. The van der Waals surface area contributed by atoms with Crippen molar-refractivity contribution in [2.75, 3.05) is 0 Å². The molecule has 0 aromatic heterocycles. The maximum Gasteiger partial charge on any atom is 0.235 e. The minimum absolute atomic E-state index is 0.277. The third-order valence-electron chi connectivity index (χ3n) is 3.04. The highest BCUT2D eigenvalue weighted by atomic mass is 19.1. The van der Waals surface area contributed by atoms with Crippen LogP contribution in [0.15, 0.2) is 53.5 Å². The second-order valence-corrected chi connectivity index (χ2v) is 4.44. The standard InChI is InChI=1S/C16H14FNO/c1-12-6-8-13(9-7-12)16(18-11-19)10-14-4-2-3-5-15(14)17/h2-9,16H,10H2,1H3. The molecule has 0 spiro atoms. The van der Waals surface area contributed by atoms with Gasteiger partial charge in [0.1, 0.15) is 5.82 Å². The number of rotatable bonds is 4. The maximum atomic E-state index is 13.6. The van der Waals surface area contributed by atoms with Gasteiger partial charge in [-0.1, -0.05) is 48.0 Å². The number of hydrogen-bond donors (Lipinski definition) is 0. The van der Waals surface area contributed by atoms with E-state index in [2.05, 4.69) is 4.99 Å². The Balaban J connectivity index is 2.29. The van der Waals surface area contributed by atoms with Crippen molar-refractivity contribution in [1.82, 2.24) is 0 Å². The molecule has 0 saturated heterocycles. The summed E-state index contributed by atoms with van der Waals surface area (Å²) >= 11 is 0. The summed E-state index contributed by atoms with van der Waals surface area (Å²) in [5.41, 5.74) is 2.56. The minimum atomic E-state index is -0.394. The second-order valence-electron chi connectivity index (χ2n) is 4.44. The van der Waals surface area contributed by atoms with E-state index >= 15 is 0 Å². The molecule has 0 aliphatic rings. The van der Waals surface area contributed by atoms with Gasteiger partial charge >= 0.3 is 0 Å². The molecule has 2 nitrogen and oxygen atoms in total. The number of nitrogens with zero attached hydrogens (tertiary/aromatic N) is 1. The van der Waals surface area contributed by atoms with Crippen LogP contribution < -0.4 is 0 Å². The van der Waals surface area contributed by atoms with Gasteiger partial charge in [-0.05, 0) is 24.1 Å². The van der Waals surface area contributed by atoms with E-state index in [1.54, 1.807) is 24.3 Å². The first kappa shape index (κ1) is 13.2. The van der Waals surface area contributed by atoms with Gasteiger partial charge in [0.25, 0.3) is 0 Å². The van der Waals surface area contributed by atoms with Gasteiger partial charge in [-0.3, -0.25) is 0 Å². The Hall–Kier alpha value is -2.25. The molecule has 0 N–H and O–H groups in total. The molecule has 0 fully saturated rings. The van der Waals surface area contributed by atoms with Crippen LogP contribution in [-0.2, 0) is 11.2 Å². The fourth-order valence-electron chi connectivity index (χ4n) is 1.96. The van der Waals surface area contributed by atoms with Gasteiger partial charge in [0.2, 0.25) is 6.08 Å². The Kier molecular flexibility index (Phi) is 4.22. The third-order valence-corrected chi connectivity index (χ3v) is 3.04. The molecule has 3 heteroatoms. The Morgan fingerprint density at radius 1 is 1.16 bits per heavy atom. The van der Waals surface area contributed by atoms with Gasteiger partial charge in [-0.15, -0.1) is 0 Å². The zero-order valence-electron chi connectivity index (χ0n) is 10.6. The van der Waals surface area contributed by atoms with E-state index in [4.69, 9.17) is 0 Å². The van der Waals surface area contributed by atoms with Crippen LogP contribution in [0.5, 0.6) is 0 Å². The lowest BCUT2D eigenvalue weighted by Crippen LogP contribution is -2.02. The molecule has 2 aromatic carbocycles. The van der Waals surface area contributed by atoms with Crippen molar-refractivity contribution in [2.45, 2.75) is 19.4 Å². The Morgan fingerprint density at radius 2 is 1.84 bits per heavy atom. The van der Waals surface area contributed by atoms with E-state index in [1.807, 2.05) is 31.2 Å². The van der Waals surface area contributed by atoms with E-state index < -0.39 is 6.04 Å². The molecule has 1 unspecified atom stereocenters. The molecule has 2 rings (SSSR count). The zero-order chi connectivity index (χ0) is 13.7. The van der Waals surface area contributed by atoms with Gasteiger partial charge in [-0.2, -0.15) is 4.99 Å². The topological polar surface area (TPSA) is 29.4 Å². The summed E-state index contributed by atoms with van der Waals surface area (Å²) < 4.78 is 13.6. The highest BCUT2D eigenvalue weighted by molar-refractivity contribution is 5.37. The van der Waals surface area contributed by atoms with Crippen LogP contribution in [0.4, 0.5) is 4.39 Å². The maximum absolute atomic E-state index is 13.6. The molecule has 19 heavy (non-hydrogen) atoms. The summed E-state index contributed by atoms with van der Waals surface area (Å²) in [7, 11) is 0. The first-order chi connectivity index (χ1) is 9.20. The summed E-state index contributed by atoms with van der Waals surface area (Å²) in [5.74, 6) is -0.277. The van der Waals surface area contributed by atoms with E-state index in [0.29, 0.717) is 12.0 Å². The fraction of sp³-hybridized carbons (Fsp3) is 0.188. The lowest BCUT2D eigenvalue weighted by molar-refractivity contribution is 0.553. The zero-order valence-corrected chi connectivity index (χ0v) is 10.6. The Morgan fingerprint density at radius 3 is 2.47 bits per heavy atom. The van der Waals surface area contributed by atoms with Crippen molar-refractivity contribution in [1.29, 1.82) is 0 Å². The molecular formula is C16H14FNO. The van der Waals surface area contributed by atoms with Gasteiger partial charge in [0, 0.05) is 6.42 Å². The highest BCUT2D eigenvalue weighted by Gasteiger charge is 2.13. The number of aryl methyl sites for hydroxylation is 1. The SMILES string of the molecule is Cc1ccc(C(Cc2ccccc2F)N=C=O)cc1. The minimum Gasteiger partial charge on any atom is -0.211 e. The fourth-order valence-corrected chi connectivity index (χ4v) is 1.96.